The molecule has 0 radical (unpaired) electrons. The van der Waals surface area contributed by atoms with Crippen LogP contribution in [0, 0.1) is 0 Å². The van der Waals surface area contributed by atoms with E-state index in [9.17, 15) is 8.42 Å². The molecule has 1 aromatic carbocycles. The summed E-state index contributed by atoms with van der Waals surface area (Å²) in [6.07, 6.45) is 1.80. The van der Waals surface area contributed by atoms with Gasteiger partial charge in [0.05, 0.1) is 22.2 Å². The van der Waals surface area contributed by atoms with Crippen molar-refractivity contribution in [3.8, 4) is 0 Å². The fraction of sp³-hybridized carbons (Fsp3) is 0.462. The lowest BCUT2D eigenvalue weighted by Crippen LogP contribution is -2.10. The second-order valence-corrected chi connectivity index (χ2v) is 8.68. The summed E-state index contributed by atoms with van der Waals surface area (Å²) < 4.78 is 25.4. The monoisotopic (exact) mass is 378 g/mol. The third-order valence-electron chi connectivity index (χ3n) is 2.99. The number of benzene rings is 1. The molecule has 0 aliphatic rings. The van der Waals surface area contributed by atoms with Crippen molar-refractivity contribution in [2.24, 2.45) is 0 Å². The molecule has 7 heteroatoms. The lowest BCUT2D eigenvalue weighted by molar-refractivity contribution is 0.590. The molecule has 0 aliphatic heterocycles. The molecule has 0 spiro atoms. The first-order valence-electron chi connectivity index (χ1n) is 6.25. The highest BCUT2D eigenvalue weighted by molar-refractivity contribution is 9.10. The van der Waals surface area contributed by atoms with Gasteiger partial charge in [-0.25, -0.2) is 13.4 Å². The summed E-state index contributed by atoms with van der Waals surface area (Å²) in [7, 11) is -2.94. The van der Waals surface area contributed by atoms with Gasteiger partial charge in [0.1, 0.15) is 15.7 Å². The first-order valence-corrected chi connectivity index (χ1v) is 9.54. The van der Waals surface area contributed by atoms with Crippen LogP contribution in [0.3, 0.4) is 0 Å². The van der Waals surface area contributed by atoms with Crippen molar-refractivity contribution in [3.05, 3.63) is 28.5 Å². The van der Waals surface area contributed by atoms with Crippen LogP contribution < -0.4 is 0 Å². The number of sulfone groups is 1. The Bertz CT molecular complexity index is 725. The molecule has 0 saturated heterocycles. The van der Waals surface area contributed by atoms with Gasteiger partial charge in [0.2, 0.25) is 0 Å². The summed E-state index contributed by atoms with van der Waals surface area (Å²) in [4.78, 5) is 4.54. The maximum Gasteiger partial charge on any atom is 0.147 e. The molecule has 1 aromatic heterocycles. The van der Waals surface area contributed by atoms with E-state index in [1.807, 2.05) is 29.7 Å². The number of alkyl halides is 1. The fourth-order valence-corrected chi connectivity index (χ4v) is 3.31. The number of nitrogens with zero attached hydrogens (tertiary/aromatic N) is 2. The predicted octanol–water partition coefficient (Wildman–Crippen LogP) is 3.53. The van der Waals surface area contributed by atoms with Crippen molar-refractivity contribution >= 4 is 48.4 Å². The van der Waals surface area contributed by atoms with E-state index < -0.39 is 9.84 Å². The highest BCUT2D eigenvalue weighted by Crippen LogP contribution is 2.26. The Hall–Kier alpha value is -0.590. The molecular formula is C13H16BrClN2O2S. The number of aryl methyl sites for hydroxylation is 1. The van der Waals surface area contributed by atoms with E-state index in [1.54, 1.807) is 0 Å². The van der Waals surface area contributed by atoms with Gasteiger partial charge in [0.15, 0.2) is 0 Å². The predicted molar refractivity (Wildman–Crippen MR) is 86.0 cm³/mol. The van der Waals surface area contributed by atoms with Gasteiger partial charge in [0, 0.05) is 17.3 Å². The summed E-state index contributed by atoms with van der Waals surface area (Å²) in [6.45, 7) is 2.46. The van der Waals surface area contributed by atoms with E-state index in [-0.39, 0.29) is 11.1 Å². The SMILES string of the molecule is CC(Cl)c1nc2cc(Br)ccc2n1CCCS(C)(=O)=O. The Morgan fingerprint density at radius 1 is 1.45 bits per heavy atom. The van der Waals surface area contributed by atoms with Crippen LogP contribution in [0.25, 0.3) is 11.0 Å². The zero-order valence-corrected chi connectivity index (χ0v) is 14.5. The molecule has 0 aliphatic carbocycles. The molecule has 2 rings (SSSR count). The summed E-state index contributed by atoms with van der Waals surface area (Å²) >= 11 is 9.60. The topological polar surface area (TPSA) is 52.0 Å². The lowest BCUT2D eigenvalue weighted by atomic mass is 10.3. The van der Waals surface area contributed by atoms with Crippen LogP contribution in [0.1, 0.15) is 24.5 Å². The van der Waals surface area contributed by atoms with Crippen LogP contribution in [0.2, 0.25) is 0 Å². The van der Waals surface area contributed by atoms with Crippen molar-refractivity contribution in [2.75, 3.05) is 12.0 Å². The Labute approximate surface area is 132 Å². The van der Waals surface area contributed by atoms with Crippen LogP contribution >= 0.6 is 27.5 Å². The van der Waals surface area contributed by atoms with Crippen LogP contribution in [-0.2, 0) is 16.4 Å². The van der Waals surface area contributed by atoms with Gasteiger partial charge in [0.25, 0.3) is 0 Å². The van der Waals surface area contributed by atoms with E-state index in [2.05, 4.69) is 20.9 Å². The van der Waals surface area contributed by atoms with Gasteiger partial charge in [-0.1, -0.05) is 15.9 Å². The highest BCUT2D eigenvalue weighted by atomic mass is 79.9. The first-order chi connectivity index (χ1) is 9.28. The number of aromatic nitrogens is 2. The van der Waals surface area contributed by atoms with Crippen LogP contribution in [0.4, 0.5) is 0 Å². The normalized spacial score (nSPS) is 13.8. The lowest BCUT2D eigenvalue weighted by Gasteiger charge is -2.10. The van der Waals surface area contributed by atoms with Crippen molar-refractivity contribution in [1.29, 1.82) is 0 Å². The Morgan fingerprint density at radius 3 is 2.75 bits per heavy atom. The number of hydrogen-bond donors (Lipinski definition) is 0. The van der Waals surface area contributed by atoms with Gasteiger partial charge >= 0.3 is 0 Å². The summed E-state index contributed by atoms with van der Waals surface area (Å²) in [5.41, 5.74) is 1.84. The Kier molecular flexibility index (Phi) is 4.76. The Morgan fingerprint density at radius 2 is 2.15 bits per heavy atom. The zero-order valence-electron chi connectivity index (χ0n) is 11.3. The van der Waals surface area contributed by atoms with Crippen LogP contribution in [-0.4, -0.2) is 30.0 Å². The van der Waals surface area contributed by atoms with Crippen molar-refractivity contribution in [1.82, 2.24) is 9.55 Å². The van der Waals surface area contributed by atoms with E-state index in [4.69, 9.17) is 11.6 Å². The maximum absolute atomic E-state index is 11.2. The molecular weight excluding hydrogens is 364 g/mol. The van der Waals surface area contributed by atoms with Gasteiger partial charge in [-0.05, 0) is 31.5 Å². The summed E-state index contributed by atoms with van der Waals surface area (Å²) in [5, 5.41) is -0.223. The van der Waals surface area contributed by atoms with Gasteiger partial charge in [-0.3, -0.25) is 0 Å². The molecule has 1 atom stereocenters. The molecule has 0 saturated carbocycles. The quantitative estimate of drug-likeness (QED) is 0.747. The standard InChI is InChI=1S/C13H16BrClN2O2S/c1-9(15)13-16-11-8-10(14)4-5-12(11)17(13)6-3-7-20(2,18)19/h4-5,8-9H,3,6-7H2,1-2H3. The number of fused-ring (bicyclic) bond motifs is 1. The first kappa shape index (κ1) is 15.8. The minimum Gasteiger partial charge on any atom is -0.327 e. The number of halogens is 2. The average molecular weight is 380 g/mol. The third-order valence-corrected chi connectivity index (χ3v) is 4.71. The van der Waals surface area contributed by atoms with E-state index in [0.717, 1.165) is 21.3 Å². The summed E-state index contributed by atoms with van der Waals surface area (Å²) in [5.74, 6) is 0.938. The van der Waals surface area contributed by atoms with E-state index in [1.165, 1.54) is 6.26 Å². The smallest absolute Gasteiger partial charge is 0.147 e. The molecule has 1 unspecified atom stereocenters. The highest BCUT2D eigenvalue weighted by Gasteiger charge is 2.15. The minimum absolute atomic E-state index is 0.166. The van der Waals surface area contributed by atoms with Gasteiger partial charge in [-0.15, -0.1) is 11.6 Å². The third kappa shape index (κ3) is 3.74. The van der Waals surface area contributed by atoms with E-state index >= 15 is 0 Å². The van der Waals surface area contributed by atoms with Crippen molar-refractivity contribution in [3.63, 3.8) is 0 Å². The minimum atomic E-state index is -2.94. The molecule has 1 heterocycles. The van der Waals surface area contributed by atoms with Crippen LogP contribution in [0.5, 0.6) is 0 Å². The van der Waals surface area contributed by atoms with Gasteiger partial charge < -0.3 is 4.57 Å². The number of rotatable bonds is 5. The Balaban J connectivity index is 2.36. The molecule has 20 heavy (non-hydrogen) atoms. The van der Waals surface area contributed by atoms with E-state index in [0.29, 0.717) is 13.0 Å². The summed E-state index contributed by atoms with van der Waals surface area (Å²) in [6, 6.07) is 5.85. The van der Waals surface area contributed by atoms with Crippen molar-refractivity contribution in [2.45, 2.75) is 25.3 Å². The number of imidazole rings is 1. The average Bonchev–Trinajstić information content (AvgIpc) is 2.66. The molecule has 2 aromatic rings. The molecule has 0 bridgehead atoms. The largest absolute Gasteiger partial charge is 0.327 e. The number of hydrogen-bond acceptors (Lipinski definition) is 3. The van der Waals surface area contributed by atoms with Crippen molar-refractivity contribution < 1.29 is 8.42 Å². The van der Waals surface area contributed by atoms with Gasteiger partial charge in [-0.2, -0.15) is 0 Å². The second-order valence-electron chi connectivity index (χ2n) is 4.85. The molecule has 0 amide bonds. The fourth-order valence-electron chi connectivity index (χ4n) is 2.15. The maximum atomic E-state index is 11.2. The van der Waals surface area contributed by atoms with Crippen LogP contribution in [0.15, 0.2) is 22.7 Å². The molecule has 0 fully saturated rings. The zero-order chi connectivity index (χ0) is 14.9. The molecule has 0 N–H and O–H groups in total. The molecule has 4 nitrogen and oxygen atoms in total. The second kappa shape index (κ2) is 6.03. The molecule has 110 valence electrons.